The lowest BCUT2D eigenvalue weighted by atomic mass is 9.97. The molecule has 0 aromatic heterocycles. The molecule has 0 fully saturated rings. The maximum atomic E-state index is 13.9. The van der Waals surface area contributed by atoms with Gasteiger partial charge in [-0.25, -0.2) is 4.39 Å². The van der Waals surface area contributed by atoms with E-state index in [1.807, 2.05) is 18.2 Å². The molecule has 0 saturated heterocycles. The first-order valence-corrected chi connectivity index (χ1v) is 6.90. The Labute approximate surface area is 119 Å². The molecule has 1 atom stereocenters. The van der Waals surface area contributed by atoms with Crippen LogP contribution in [0.5, 0.6) is 5.75 Å². The molecule has 1 aliphatic rings. The molecule has 2 nitrogen and oxygen atoms in total. The minimum atomic E-state index is -0.469. The van der Waals surface area contributed by atoms with E-state index in [0.29, 0.717) is 12.2 Å². The predicted molar refractivity (Wildman–Crippen MR) is 75.8 cm³/mol. The van der Waals surface area contributed by atoms with E-state index in [4.69, 9.17) is 10.5 Å². The third kappa shape index (κ3) is 2.38. The van der Waals surface area contributed by atoms with E-state index in [-0.39, 0.29) is 5.82 Å². The van der Waals surface area contributed by atoms with Gasteiger partial charge in [-0.1, -0.05) is 28.1 Å². The molecule has 2 aromatic carbocycles. The molecule has 2 N–H and O–H groups in total. The number of benzene rings is 2. The normalized spacial score (nSPS) is 14.9. The summed E-state index contributed by atoms with van der Waals surface area (Å²) in [4.78, 5) is 0. The van der Waals surface area contributed by atoms with Crippen molar-refractivity contribution in [3.8, 4) is 5.75 Å². The van der Waals surface area contributed by atoms with Crippen molar-refractivity contribution in [2.75, 3.05) is 6.61 Å². The Morgan fingerprint density at radius 3 is 2.89 bits per heavy atom. The molecule has 1 unspecified atom stereocenters. The van der Waals surface area contributed by atoms with Gasteiger partial charge in [-0.3, -0.25) is 0 Å². The van der Waals surface area contributed by atoms with Crippen molar-refractivity contribution in [3.63, 3.8) is 0 Å². The number of fused-ring (bicyclic) bond motifs is 1. The van der Waals surface area contributed by atoms with Crippen molar-refractivity contribution in [1.29, 1.82) is 0 Å². The second-order valence-corrected chi connectivity index (χ2v) is 5.52. The van der Waals surface area contributed by atoms with Crippen LogP contribution in [0.4, 0.5) is 4.39 Å². The number of hydrogen-bond acceptors (Lipinski definition) is 2. The summed E-state index contributed by atoms with van der Waals surface area (Å²) in [7, 11) is 0. The van der Waals surface area contributed by atoms with Gasteiger partial charge in [0.1, 0.15) is 11.6 Å². The van der Waals surface area contributed by atoms with Crippen LogP contribution in [0.1, 0.15) is 22.7 Å². The number of ether oxygens (including phenoxy) is 1. The number of nitrogens with two attached hydrogens (primary N) is 1. The second kappa shape index (κ2) is 4.94. The summed E-state index contributed by atoms with van der Waals surface area (Å²) in [6, 6.07) is 10.2. The van der Waals surface area contributed by atoms with Gasteiger partial charge in [-0.05, 0) is 35.4 Å². The van der Waals surface area contributed by atoms with Crippen LogP contribution in [0, 0.1) is 5.82 Å². The topological polar surface area (TPSA) is 35.2 Å². The van der Waals surface area contributed by atoms with E-state index >= 15 is 0 Å². The van der Waals surface area contributed by atoms with Crippen molar-refractivity contribution < 1.29 is 9.13 Å². The summed E-state index contributed by atoms with van der Waals surface area (Å²) in [6.45, 7) is 0.708. The highest BCUT2D eigenvalue weighted by Gasteiger charge is 2.18. The lowest BCUT2D eigenvalue weighted by Gasteiger charge is -2.15. The van der Waals surface area contributed by atoms with Crippen molar-refractivity contribution in [2.45, 2.75) is 12.5 Å². The van der Waals surface area contributed by atoms with Crippen molar-refractivity contribution in [2.24, 2.45) is 5.73 Å². The summed E-state index contributed by atoms with van der Waals surface area (Å²) in [5.41, 5.74) is 8.72. The van der Waals surface area contributed by atoms with E-state index in [2.05, 4.69) is 15.9 Å². The molecule has 0 saturated carbocycles. The Morgan fingerprint density at radius 2 is 2.05 bits per heavy atom. The van der Waals surface area contributed by atoms with E-state index in [1.54, 1.807) is 12.1 Å². The monoisotopic (exact) mass is 321 g/mol. The van der Waals surface area contributed by atoms with Crippen molar-refractivity contribution in [3.05, 3.63) is 63.4 Å². The fourth-order valence-electron chi connectivity index (χ4n) is 2.33. The number of hydrogen-bond donors (Lipinski definition) is 1. The Bertz CT molecular complexity index is 630. The van der Waals surface area contributed by atoms with Crippen LogP contribution in [-0.4, -0.2) is 6.61 Å². The SMILES string of the molecule is NC(c1ccc2c(c1)CCO2)c1cc(Br)ccc1F. The summed E-state index contributed by atoms with van der Waals surface area (Å²) < 4.78 is 20.1. The summed E-state index contributed by atoms with van der Waals surface area (Å²) in [5, 5.41) is 0. The molecule has 2 aromatic rings. The lowest BCUT2D eigenvalue weighted by molar-refractivity contribution is 0.357. The summed E-state index contributed by atoms with van der Waals surface area (Å²) in [6.07, 6.45) is 0.886. The van der Waals surface area contributed by atoms with Crippen LogP contribution < -0.4 is 10.5 Å². The maximum absolute atomic E-state index is 13.9. The Morgan fingerprint density at radius 1 is 1.21 bits per heavy atom. The van der Waals surface area contributed by atoms with Gasteiger partial charge >= 0.3 is 0 Å². The molecule has 4 heteroatoms. The fraction of sp³-hybridized carbons (Fsp3) is 0.200. The second-order valence-electron chi connectivity index (χ2n) is 4.61. The maximum Gasteiger partial charge on any atom is 0.128 e. The van der Waals surface area contributed by atoms with Crippen LogP contribution in [0.3, 0.4) is 0 Å². The largest absolute Gasteiger partial charge is 0.493 e. The van der Waals surface area contributed by atoms with E-state index in [9.17, 15) is 4.39 Å². The zero-order valence-electron chi connectivity index (χ0n) is 10.2. The first-order valence-electron chi connectivity index (χ1n) is 6.11. The standard InChI is InChI=1S/C15H13BrFNO/c16-11-2-3-13(17)12(8-11)15(18)10-1-4-14-9(7-10)5-6-19-14/h1-4,7-8,15H,5-6,18H2. The average molecular weight is 322 g/mol. The lowest BCUT2D eigenvalue weighted by Crippen LogP contribution is -2.13. The van der Waals surface area contributed by atoms with E-state index < -0.39 is 6.04 Å². The highest BCUT2D eigenvalue weighted by atomic mass is 79.9. The predicted octanol–water partition coefficient (Wildman–Crippen LogP) is 3.57. The Kier molecular flexibility index (Phi) is 3.29. The third-order valence-corrected chi connectivity index (χ3v) is 3.86. The van der Waals surface area contributed by atoms with Gasteiger partial charge in [-0.2, -0.15) is 0 Å². The highest BCUT2D eigenvalue weighted by molar-refractivity contribution is 9.10. The van der Waals surface area contributed by atoms with Gasteiger partial charge in [0.15, 0.2) is 0 Å². The minimum Gasteiger partial charge on any atom is -0.493 e. The van der Waals surface area contributed by atoms with Gasteiger partial charge in [0.2, 0.25) is 0 Å². The molecule has 0 radical (unpaired) electrons. The number of rotatable bonds is 2. The zero-order chi connectivity index (χ0) is 13.4. The first kappa shape index (κ1) is 12.6. The smallest absolute Gasteiger partial charge is 0.128 e. The quantitative estimate of drug-likeness (QED) is 0.917. The molecule has 98 valence electrons. The molecule has 0 amide bonds. The fourth-order valence-corrected chi connectivity index (χ4v) is 2.71. The highest BCUT2D eigenvalue weighted by Crippen LogP contribution is 2.31. The molecule has 19 heavy (non-hydrogen) atoms. The van der Waals surface area contributed by atoms with Crippen LogP contribution in [0.25, 0.3) is 0 Å². The summed E-state index contributed by atoms with van der Waals surface area (Å²) in [5.74, 6) is 0.623. The molecule has 1 heterocycles. The van der Waals surface area contributed by atoms with E-state index in [1.165, 1.54) is 6.07 Å². The molecular weight excluding hydrogens is 309 g/mol. The molecule has 3 rings (SSSR count). The van der Waals surface area contributed by atoms with Crippen LogP contribution >= 0.6 is 15.9 Å². The van der Waals surface area contributed by atoms with Crippen molar-refractivity contribution >= 4 is 15.9 Å². The molecule has 0 aliphatic carbocycles. The van der Waals surface area contributed by atoms with Gasteiger partial charge in [0.25, 0.3) is 0 Å². The Hall–Kier alpha value is -1.39. The molecule has 0 bridgehead atoms. The number of halogens is 2. The Balaban J connectivity index is 1.99. The van der Waals surface area contributed by atoms with Crippen LogP contribution in [-0.2, 0) is 6.42 Å². The molecule has 0 spiro atoms. The average Bonchev–Trinajstić information content (AvgIpc) is 2.88. The minimum absolute atomic E-state index is 0.285. The zero-order valence-corrected chi connectivity index (χ0v) is 11.8. The molecule has 1 aliphatic heterocycles. The summed E-state index contributed by atoms with van der Waals surface area (Å²) >= 11 is 3.34. The van der Waals surface area contributed by atoms with Gasteiger partial charge in [-0.15, -0.1) is 0 Å². The third-order valence-electron chi connectivity index (χ3n) is 3.37. The van der Waals surface area contributed by atoms with Crippen molar-refractivity contribution in [1.82, 2.24) is 0 Å². The van der Waals surface area contributed by atoms with Gasteiger partial charge in [0.05, 0.1) is 12.6 Å². The van der Waals surface area contributed by atoms with Crippen LogP contribution in [0.15, 0.2) is 40.9 Å². The first-order chi connectivity index (χ1) is 9.15. The van der Waals surface area contributed by atoms with E-state index in [0.717, 1.165) is 27.8 Å². The molecular formula is C15H13BrFNO. The van der Waals surface area contributed by atoms with Gasteiger partial charge < -0.3 is 10.5 Å². The van der Waals surface area contributed by atoms with Gasteiger partial charge in [0, 0.05) is 16.5 Å². The van der Waals surface area contributed by atoms with Crippen LogP contribution in [0.2, 0.25) is 0 Å².